The molecule has 204 valence electrons. The molecule has 5 amide bonds. The van der Waals surface area contributed by atoms with Crippen LogP contribution in [0.15, 0.2) is 60.7 Å². The third kappa shape index (κ3) is 7.32. The number of halogens is 1. The van der Waals surface area contributed by atoms with Gasteiger partial charge in [0.1, 0.15) is 5.75 Å². The smallest absolute Gasteiger partial charge is 0.323 e. The standard InChI is InChI=1S/C28H31ClN6O4/c1-18-4-11-26(39-3)25(16-18)32-27(37)31-20-5-8-22(9-6-20)34-12-14-35(15-13-34)28(38)33-24-10-7-21(17-23(24)29)30-19(2)36/h4-11,16-17H,12-15H2,1-3H3,(H,30,36)(H,33,38)(H2,31,32,37). The van der Waals surface area contributed by atoms with Crippen molar-refractivity contribution in [2.24, 2.45) is 0 Å². The number of aryl methyl sites for hydroxylation is 1. The molecule has 1 fully saturated rings. The van der Waals surface area contributed by atoms with E-state index in [0.29, 0.717) is 59.7 Å². The first-order valence-corrected chi connectivity index (χ1v) is 12.8. The van der Waals surface area contributed by atoms with E-state index in [1.54, 1.807) is 30.2 Å². The number of carbonyl (C=O) groups excluding carboxylic acids is 3. The number of hydrogen-bond acceptors (Lipinski definition) is 5. The Morgan fingerprint density at radius 3 is 2.13 bits per heavy atom. The summed E-state index contributed by atoms with van der Waals surface area (Å²) in [5.74, 6) is 0.387. The highest BCUT2D eigenvalue weighted by atomic mass is 35.5. The summed E-state index contributed by atoms with van der Waals surface area (Å²) in [5, 5.41) is 11.5. The lowest BCUT2D eigenvalue weighted by molar-refractivity contribution is -0.114. The molecule has 1 saturated heterocycles. The Bertz CT molecular complexity index is 1360. The van der Waals surface area contributed by atoms with Gasteiger partial charge in [-0.15, -0.1) is 0 Å². The van der Waals surface area contributed by atoms with Gasteiger partial charge in [-0.25, -0.2) is 9.59 Å². The normalized spacial score (nSPS) is 12.9. The highest BCUT2D eigenvalue weighted by molar-refractivity contribution is 6.34. The number of ether oxygens (including phenoxy) is 1. The molecule has 4 N–H and O–H groups in total. The van der Waals surface area contributed by atoms with Crippen LogP contribution in [0.3, 0.4) is 0 Å². The minimum absolute atomic E-state index is 0.198. The molecule has 0 unspecified atom stereocenters. The van der Waals surface area contributed by atoms with Gasteiger partial charge in [0, 0.05) is 50.2 Å². The summed E-state index contributed by atoms with van der Waals surface area (Å²) in [6.45, 7) is 5.74. The number of carbonyl (C=O) groups is 3. The van der Waals surface area contributed by atoms with Crippen molar-refractivity contribution in [2.75, 3.05) is 59.5 Å². The van der Waals surface area contributed by atoms with E-state index in [2.05, 4.69) is 26.2 Å². The fourth-order valence-electron chi connectivity index (χ4n) is 4.22. The predicted molar refractivity (Wildman–Crippen MR) is 155 cm³/mol. The molecule has 1 heterocycles. The lowest BCUT2D eigenvalue weighted by Crippen LogP contribution is -2.50. The fourth-order valence-corrected chi connectivity index (χ4v) is 4.45. The predicted octanol–water partition coefficient (Wildman–Crippen LogP) is 5.61. The van der Waals surface area contributed by atoms with Crippen molar-refractivity contribution in [1.82, 2.24) is 4.90 Å². The van der Waals surface area contributed by atoms with E-state index in [9.17, 15) is 14.4 Å². The third-order valence-corrected chi connectivity index (χ3v) is 6.50. The summed E-state index contributed by atoms with van der Waals surface area (Å²) in [7, 11) is 1.56. The molecule has 0 saturated carbocycles. The van der Waals surface area contributed by atoms with E-state index in [0.717, 1.165) is 11.3 Å². The van der Waals surface area contributed by atoms with Crippen LogP contribution in [0, 0.1) is 6.92 Å². The number of anilines is 5. The third-order valence-electron chi connectivity index (χ3n) is 6.19. The van der Waals surface area contributed by atoms with Crippen LogP contribution >= 0.6 is 11.6 Å². The van der Waals surface area contributed by atoms with Gasteiger partial charge in [0.15, 0.2) is 0 Å². The van der Waals surface area contributed by atoms with Gasteiger partial charge >= 0.3 is 12.1 Å². The number of nitrogens with one attached hydrogen (secondary N) is 4. The lowest BCUT2D eigenvalue weighted by Gasteiger charge is -2.36. The van der Waals surface area contributed by atoms with Gasteiger partial charge in [0.25, 0.3) is 0 Å². The number of methoxy groups -OCH3 is 1. The van der Waals surface area contributed by atoms with E-state index in [1.165, 1.54) is 6.92 Å². The van der Waals surface area contributed by atoms with Crippen molar-refractivity contribution < 1.29 is 19.1 Å². The van der Waals surface area contributed by atoms with Crippen molar-refractivity contribution >= 4 is 58.0 Å². The summed E-state index contributed by atoms with van der Waals surface area (Å²) in [5.41, 5.74) is 4.30. The second-order valence-electron chi connectivity index (χ2n) is 9.11. The largest absolute Gasteiger partial charge is 0.495 e. The molecule has 10 nitrogen and oxygen atoms in total. The molecular formula is C28H31ClN6O4. The monoisotopic (exact) mass is 550 g/mol. The molecule has 0 bridgehead atoms. The van der Waals surface area contributed by atoms with Crippen molar-refractivity contribution in [2.45, 2.75) is 13.8 Å². The first kappa shape index (κ1) is 27.6. The van der Waals surface area contributed by atoms with Crippen LogP contribution in [0.2, 0.25) is 5.02 Å². The zero-order valence-corrected chi connectivity index (χ0v) is 22.8. The average Bonchev–Trinajstić information content (AvgIpc) is 2.90. The number of amides is 5. The average molecular weight is 551 g/mol. The zero-order chi connectivity index (χ0) is 27.9. The van der Waals surface area contributed by atoms with E-state index >= 15 is 0 Å². The molecule has 3 aromatic carbocycles. The zero-order valence-electron chi connectivity index (χ0n) is 22.0. The van der Waals surface area contributed by atoms with Crippen molar-refractivity contribution in [3.05, 3.63) is 71.2 Å². The van der Waals surface area contributed by atoms with Gasteiger partial charge in [-0.05, 0) is 67.1 Å². The van der Waals surface area contributed by atoms with Crippen LogP contribution in [0.5, 0.6) is 5.75 Å². The maximum absolute atomic E-state index is 12.8. The molecule has 4 rings (SSSR count). The van der Waals surface area contributed by atoms with Crippen LogP contribution in [-0.2, 0) is 4.79 Å². The van der Waals surface area contributed by atoms with Crippen LogP contribution in [-0.4, -0.2) is 56.2 Å². The van der Waals surface area contributed by atoms with Gasteiger partial charge < -0.3 is 35.8 Å². The van der Waals surface area contributed by atoms with Crippen molar-refractivity contribution in [3.63, 3.8) is 0 Å². The van der Waals surface area contributed by atoms with Crippen LogP contribution in [0.4, 0.5) is 38.0 Å². The molecular weight excluding hydrogens is 520 g/mol. The highest BCUT2D eigenvalue weighted by Crippen LogP contribution is 2.27. The van der Waals surface area contributed by atoms with E-state index in [-0.39, 0.29) is 18.0 Å². The Kier molecular flexibility index (Phi) is 8.77. The van der Waals surface area contributed by atoms with Crippen LogP contribution in [0.1, 0.15) is 12.5 Å². The summed E-state index contributed by atoms with van der Waals surface area (Å²) >= 11 is 6.28. The minimum atomic E-state index is -0.365. The Balaban J connectivity index is 1.27. The van der Waals surface area contributed by atoms with Crippen LogP contribution < -0.4 is 30.9 Å². The number of nitrogens with zero attached hydrogens (tertiary/aromatic N) is 2. The first-order valence-electron chi connectivity index (χ1n) is 12.4. The van der Waals surface area contributed by atoms with Gasteiger partial charge in [-0.2, -0.15) is 0 Å². The first-order chi connectivity index (χ1) is 18.7. The van der Waals surface area contributed by atoms with Crippen molar-refractivity contribution in [3.8, 4) is 5.75 Å². The van der Waals surface area contributed by atoms with Gasteiger partial charge in [0.05, 0.1) is 23.5 Å². The summed E-state index contributed by atoms with van der Waals surface area (Å²) in [6.07, 6.45) is 0. The van der Waals surface area contributed by atoms with E-state index in [4.69, 9.17) is 16.3 Å². The second-order valence-corrected chi connectivity index (χ2v) is 9.52. The molecule has 0 spiro atoms. The van der Waals surface area contributed by atoms with Crippen molar-refractivity contribution in [1.29, 1.82) is 0 Å². The molecule has 1 aliphatic heterocycles. The molecule has 3 aromatic rings. The maximum atomic E-state index is 12.8. The van der Waals surface area contributed by atoms with Crippen LogP contribution in [0.25, 0.3) is 0 Å². The molecule has 0 aromatic heterocycles. The number of piperazine rings is 1. The quantitative estimate of drug-likeness (QED) is 0.318. The van der Waals surface area contributed by atoms with Gasteiger partial charge in [-0.3, -0.25) is 4.79 Å². The van der Waals surface area contributed by atoms with E-state index in [1.807, 2.05) is 49.4 Å². The summed E-state index contributed by atoms with van der Waals surface area (Å²) in [4.78, 5) is 40.4. The number of hydrogen-bond donors (Lipinski definition) is 4. The molecule has 39 heavy (non-hydrogen) atoms. The number of rotatable bonds is 6. The number of urea groups is 2. The summed E-state index contributed by atoms with van der Waals surface area (Å²) < 4.78 is 5.31. The van der Waals surface area contributed by atoms with Gasteiger partial charge in [0.2, 0.25) is 5.91 Å². The second kappa shape index (κ2) is 12.4. The minimum Gasteiger partial charge on any atom is -0.495 e. The van der Waals surface area contributed by atoms with Gasteiger partial charge in [-0.1, -0.05) is 17.7 Å². The molecule has 1 aliphatic rings. The molecule has 0 atom stereocenters. The lowest BCUT2D eigenvalue weighted by atomic mass is 10.2. The number of benzene rings is 3. The summed E-state index contributed by atoms with van der Waals surface area (Å²) in [6, 6.07) is 17.5. The maximum Gasteiger partial charge on any atom is 0.323 e. The van der Waals surface area contributed by atoms with E-state index < -0.39 is 0 Å². The fraction of sp³-hybridized carbons (Fsp3) is 0.250. The Morgan fingerprint density at radius 1 is 0.795 bits per heavy atom. The topological polar surface area (TPSA) is 115 Å². The molecule has 0 radical (unpaired) electrons. The SMILES string of the molecule is COc1ccc(C)cc1NC(=O)Nc1ccc(N2CCN(C(=O)Nc3ccc(NC(C)=O)cc3Cl)CC2)cc1. The highest BCUT2D eigenvalue weighted by Gasteiger charge is 2.22. The Labute approximate surface area is 232 Å². The molecule has 11 heteroatoms. The molecule has 0 aliphatic carbocycles. The Morgan fingerprint density at radius 2 is 1.49 bits per heavy atom. The Hall–Kier alpha value is -4.44.